The van der Waals surface area contributed by atoms with Gasteiger partial charge >= 0.3 is 0 Å². The van der Waals surface area contributed by atoms with Crippen molar-refractivity contribution in [1.29, 1.82) is 0 Å². The van der Waals surface area contributed by atoms with Gasteiger partial charge in [0, 0.05) is 23.2 Å². The molecule has 0 spiro atoms. The molecular formula is C18H21BrN2O4. The van der Waals surface area contributed by atoms with Crippen molar-refractivity contribution < 1.29 is 14.4 Å². The molecule has 1 N–H and O–H groups in total. The fourth-order valence-electron chi connectivity index (χ4n) is 2.26. The zero-order chi connectivity index (χ0) is 18.2. The van der Waals surface area contributed by atoms with E-state index in [1.54, 1.807) is 19.2 Å². The van der Waals surface area contributed by atoms with E-state index < -0.39 is 4.92 Å². The van der Waals surface area contributed by atoms with Crippen LogP contribution in [0.25, 0.3) is 0 Å². The molecule has 0 fully saturated rings. The number of nitro benzene ring substituents is 1. The van der Waals surface area contributed by atoms with Crippen LogP contribution in [-0.2, 0) is 13.2 Å². The van der Waals surface area contributed by atoms with Crippen LogP contribution in [0, 0.1) is 10.1 Å². The summed E-state index contributed by atoms with van der Waals surface area (Å²) in [6.07, 6.45) is 1.07. The van der Waals surface area contributed by atoms with Crippen LogP contribution in [0.15, 0.2) is 40.9 Å². The predicted octanol–water partition coefficient (Wildman–Crippen LogP) is 4.44. The molecule has 0 atom stereocenters. The highest BCUT2D eigenvalue weighted by Crippen LogP contribution is 2.34. The van der Waals surface area contributed by atoms with Crippen molar-refractivity contribution in [2.45, 2.75) is 26.5 Å². The number of non-ortho nitro benzene ring substituents is 1. The number of ether oxygens (including phenoxy) is 2. The summed E-state index contributed by atoms with van der Waals surface area (Å²) in [6, 6.07) is 10.1. The van der Waals surface area contributed by atoms with Gasteiger partial charge in [0.15, 0.2) is 11.5 Å². The van der Waals surface area contributed by atoms with E-state index in [1.165, 1.54) is 12.1 Å². The Morgan fingerprint density at radius 2 is 1.92 bits per heavy atom. The van der Waals surface area contributed by atoms with Crippen molar-refractivity contribution in [2.24, 2.45) is 0 Å². The summed E-state index contributed by atoms with van der Waals surface area (Å²) in [5.74, 6) is 1.27. The van der Waals surface area contributed by atoms with Gasteiger partial charge in [0.1, 0.15) is 6.61 Å². The number of halogens is 1. The molecule has 2 aromatic rings. The second-order valence-corrected chi connectivity index (χ2v) is 6.34. The molecular weight excluding hydrogens is 388 g/mol. The smallest absolute Gasteiger partial charge is 0.269 e. The molecule has 6 nitrogen and oxygen atoms in total. The first-order valence-electron chi connectivity index (χ1n) is 7.98. The first-order valence-corrected chi connectivity index (χ1v) is 8.77. The average Bonchev–Trinajstić information content (AvgIpc) is 2.61. The van der Waals surface area contributed by atoms with Gasteiger partial charge in [-0.05, 0) is 48.4 Å². The Bertz CT molecular complexity index is 720. The standard InChI is InChI=1S/C18H21BrN2O4/c1-3-8-20-11-14-9-17(24-2)18(10-16(14)19)25-12-13-4-6-15(7-5-13)21(22)23/h4-7,9-10,20H,3,8,11-12H2,1-2H3. The van der Waals surface area contributed by atoms with E-state index in [0.29, 0.717) is 18.1 Å². The van der Waals surface area contributed by atoms with E-state index in [-0.39, 0.29) is 5.69 Å². The van der Waals surface area contributed by atoms with Gasteiger partial charge in [-0.3, -0.25) is 10.1 Å². The molecule has 7 heteroatoms. The second kappa shape index (κ2) is 9.39. The van der Waals surface area contributed by atoms with Crippen molar-refractivity contribution in [3.05, 3.63) is 62.1 Å². The SMILES string of the molecule is CCCNCc1cc(OC)c(OCc2ccc([N+](=O)[O-])cc2)cc1Br. The minimum Gasteiger partial charge on any atom is -0.493 e. The largest absolute Gasteiger partial charge is 0.493 e. The monoisotopic (exact) mass is 408 g/mol. The van der Waals surface area contributed by atoms with Crippen molar-refractivity contribution in [3.8, 4) is 11.5 Å². The van der Waals surface area contributed by atoms with Crippen LogP contribution in [0.2, 0.25) is 0 Å². The van der Waals surface area contributed by atoms with E-state index in [1.807, 2.05) is 12.1 Å². The van der Waals surface area contributed by atoms with Gasteiger partial charge in [-0.25, -0.2) is 0 Å². The fourth-order valence-corrected chi connectivity index (χ4v) is 2.72. The quantitative estimate of drug-likeness (QED) is 0.377. The number of benzene rings is 2. The molecule has 134 valence electrons. The van der Waals surface area contributed by atoms with Crippen molar-refractivity contribution in [3.63, 3.8) is 0 Å². The highest BCUT2D eigenvalue weighted by molar-refractivity contribution is 9.10. The summed E-state index contributed by atoms with van der Waals surface area (Å²) in [6.45, 7) is 4.12. The molecule has 0 unspecified atom stereocenters. The zero-order valence-corrected chi connectivity index (χ0v) is 15.8. The normalized spacial score (nSPS) is 10.5. The molecule has 0 aromatic heterocycles. The lowest BCUT2D eigenvalue weighted by molar-refractivity contribution is -0.384. The van der Waals surface area contributed by atoms with Crippen molar-refractivity contribution >= 4 is 21.6 Å². The third kappa shape index (κ3) is 5.44. The fraction of sp³-hybridized carbons (Fsp3) is 0.333. The van der Waals surface area contributed by atoms with E-state index in [0.717, 1.165) is 35.1 Å². The maximum atomic E-state index is 10.7. The van der Waals surface area contributed by atoms with E-state index >= 15 is 0 Å². The lowest BCUT2D eigenvalue weighted by atomic mass is 10.2. The minimum atomic E-state index is -0.421. The highest BCUT2D eigenvalue weighted by atomic mass is 79.9. The van der Waals surface area contributed by atoms with E-state index in [2.05, 4.69) is 28.2 Å². The van der Waals surface area contributed by atoms with Crippen LogP contribution >= 0.6 is 15.9 Å². The Labute approximate surface area is 155 Å². The van der Waals surface area contributed by atoms with Gasteiger partial charge in [0.05, 0.1) is 12.0 Å². The third-order valence-corrected chi connectivity index (χ3v) is 4.35. The predicted molar refractivity (Wildman–Crippen MR) is 100 cm³/mol. The van der Waals surface area contributed by atoms with Crippen molar-refractivity contribution in [1.82, 2.24) is 5.32 Å². The maximum absolute atomic E-state index is 10.7. The molecule has 0 radical (unpaired) electrons. The number of rotatable bonds is 9. The Kier molecular flexibility index (Phi) is 7.21. The molecule has 0 bridgehead atoms. The molecule has 0 saturated heterocycles. The Hall–Kier alpha value is -2.12. The molecule has 0 amide bonds. The summed E-state index contributed by atoms with van der Waals surface area (Å²) in [5, 5.41) is 14.0. The van der Waals surface area contributed by atoms with Crippen LogP contribution in [0.1, 0.15) is 24.5 Å². The average molecular weight is 409 g/mol. The number of nitrogens with one attached hydrogen (secondary N) is 1. The number of hydrogen-bond donors (Lipinski definition) is 1. The van der Waals surface area contributed by atoms with Crippen molar-refractivity contribution in [2.75, 3.05) is 13.7 Å². The van der Waals surface area contributed by atoms with E-state index in [4.69, 9.17) is 9.47 Å². The van der Waals surface area contributed by atoms with Crippen LogP contribution in [0.4, 0.5) is 5.69 Å². The summed E-state index contributed by atoms with van der Waals surface area (Å²) >= 11 is 3.56. The molecule has 0 aliphatic carbocycles. The number of methoxy groups -OCH3 is 1. The van der Waals surface area contributed by atoms with Gasteiger partial charge in [-0.15, -0.1) is 0 Å². The first kappa shape index (κ1) is 19.2. The number of nitrogens with zero attached hydrogens (tertiary/aromatic N) is 1. The first-order chi connectivity index (χ1) is 12.0. The molecule has 0 saturated carbocycles. The van der Waals surface area contributed by atoms with E-state index in [9.17, 15) is 10.1 Å². The maximum Gasteiger partial charge on any atom is 0.269 e. The topological polar surface area (TPSA) is 73.6 Å². The van der Waals surface area contributed by atoms with Gasteiger partial charge in [-0.1, -0.05) is 22.9 Å². The summed E-state index contributed by atoms with van der Waals surface area (Å²) in [5.41, 5.74) is 2.00. The summed E-state index contributed by atoms with van der Waals surface area (Å²) in [4.78, 5) is 10.3. The summed E-state index contributed by atoms with van der Waals surface area (Å²) < 4.78 is 12.2. The molecule has 0 aliphatic heterocycles. The van der Waals surface area contributed by atoms with Gasteiger partial charge in [0.25, 0.3) is 5.69 Å². The lowest BCUT2D eigenvalue weighted by Gasteiger charge is -2.14. The van der Waals surface area contributed by atoms with Crippen LogP contribution < -0.4 is 14.8 Å². The van der Waals surface area contributed by atoms with Gasteiger partial charge in [-0.2, -0.15) is 0 Å². The Morgan fingerprint density at radius 3 is 2.52 bits per heavy atom. The molecule has 2 aromatic carbocycles. The lowest BCUT2D eigenvalue weighted by Crippen LogP contribution is -2.14. The zero-order valence-electron chi connectivity index (χ0n) is 14.3. The number of hydrogen-bond acceptors (Lipinski definition) is 5. The Balaban J connectivity index is 2.07. The Morgan fingerprint density at radius 1 is 1.20 bits per heavy atom. The van der Waals surface area contributed by atoms with Gasteiger partial charge in [0.2, 0.25) is 0 Å². The van der Waals surface area contributed by atoms with Crippen LogP contribution in [0.5, 0.6) is 11.5 Å². The minimum absolute atomic E-state index is 0.0630. The summed E-state index contributed by atoms with van der Waals surface area (Å²) in [7, 11) is 1.60. The van der Waals surface area contributed by atoms with Crippen LogP contribution in [0.3, 0.4) is 0 Å². The third-order valence-electron chi connectivity index (χ3n) is 3.62. The van der Waals surface area contributed by atoms with Crippen LogP contribution in [-0.4, -0.2) is 18.6 Å². The highest BCUT2D eigenvalue weighted by Gasteiger charge is 2.11. The second-order valence-electron chi connectivity index (χ2n) is 5.48. The molecule has 2 rings (SSSR count). The molecule has 0 heterocycles. The number of nitro groups is 1. The molecule has 25 heavy (non-hydrogen) atoms. The van der Waals surface area contributed by atoms with Gasteiger partial charge < -0.3 is 14.8 Å². The molecule has 0 aliphatic rings.